The number of aryl methyl sites for hydroxylation is 1. The molecule has 17 heavy (non-hydrogen) atoms. The van der Waals surface area contributed by atoms with Crippen molar-refractivity contribution in [3.05, 3.63) is 22.7 Å². The van der Waals surface area contributed by atoms with Gasteiger partial charge in [0.1, 0.15) is 4.90 Å². The van der Waals surface area contributed by atoms with Gasteiger partial charge < -0.3 is 5.73 Å². The number of hydrogen-bond acceptors (Lipinski definition) is 4. The van der Waals surface area contributed by atoms with Gasteiger partial charge in [0.05, 0.1) is 0 Å². The summed E-state index contributed by atoms with van der Waals surface area (Å²) in [7, 11) is -3.96. The van der Waals surface area contributed by atoms with E-state index in [1.54, 1.807) is 6.92 Å². The zero-order valence-electron chi connectivity index (χ0n) is 8.81. The predicted molar refractivity (Wildman–Crippen MR) is 69.6 cm³/mol. The van der Waals surface area contributed by atoms with Gasteiger partial charge in [-0.15, -0.1) is 17.0 Å². The van der Waals surface area contributed by atoms with Gasteiger partial charge in [0.2, 0.25) is 5.96 Å². The predicted octanol–water partition coefficient (Wildman–Crippen LogP) is 0.404. The lowest BCUT2D eigenvalue weighted by atomic mass is 10.2. The number of rotatable bonds is 2. The van der Waals surface area contributed by atoms with Crippen LogP contribution in [0.4, 0.5) is 0 Å². The van der Waals surface area contributed by atoms with E-state index < -0.39 is 16.0 Å². The average Bonchev–Trinajstić information content (AvgIpc) is 2.22. The lowest BCUT2D eigenvalue weighted by Gasteiger charge is -2.06. The molecule has 9 heteroatoms. The number of hydrogen-bond donors (Lipinski definition) is 4. The molecule has 0 heterocycles. The Balaban J connectivity index is 3.40. The normalized spacial score (nSPS) is 12.6. The Morgan fingerprint density at radius 2 is 2.12 bits per heavy atom. The summed E-state index contributed by atoms with van der Waals surface area (Å²) in [6.45, 7) is 1.67. The highest BCUT2D eigenvalue weighted by atomic mass is 35.5. The maximum Gasteiger partial charge on any atom is 0.286 e. The minimum absolute atomic E-state index is 0.0825. The van der Waals surface area contributed by atoms with Crippen molar-refractivity contribution in [1.82, 2.24) is 5.43 Å². The summed E-state index contributed by atoms with van der Waals surface area (Å²) in [4.78, 5) is 0.107. The van der Waals surface area contributed by atoms with Gasteiger partial charge in [-0.25, -0.2) is 5.84 Å². The number of nitrogens with two attached hydrogens (primary N) is 2. The summed E-state index contributed by atoms with van der Waals surface area (Å²) < 4.78 is 26.9. The molecular weight excluding hydrogens is 284 g/mol. The summed E-state index contributed by atoms with van der Waals surface area (Å²) >= 11 is 9.87. The second-order valence-corrected chi connectivity index (χ2v) is 5.63. The van der Waals surface area contributed by atoms with Crippen LogP contribution in [0.15, 0.2) is 26.3 Å². The average molecular weight is 295 g/mol. The molecule has 6 nitrogen and oxygen atoms in total. The first-order valence-corrected chi connectivity index (χ1v) is 6.60. The molecule has 1 aromatic rings. The first kappa shape index (κ1) is 14.1. The van der Waals surface area contributed by atoms with Gasteiger partial charge in [0.15, 0.2) is 0 Å². The smallest absolute Gasteiger partial charge is 0.286 e. The second kappa shape index (κ2) is 5.13. The van der Waals surface area contributed by atoms with E-state index in [0.29, 0.717) is 10.6 Å². The molecule has 0 saturated carbocycles. The molecule has 0 unspecified atom stereocenters. The first-order valence-electron chi connectivity index (χ1n) is 4.34. The maximum atomic E-state index is 11.8. The molecule has 94 valence electrons. The zero-order chi connectivity index (χ0) is 13.2. The molecule has 0 aromatic heterocycles. The van der Waals surface area contributed by atoms with Crippen LogP contribution in [0.5, 0.6) is 0 Å². The fraction of sp³-hybridized carbons (Fsp3) is 0.125. The summed E-state index contributed by atoms with van der Waals surface area (Å²) in [5.74, 6) is 4.53. The molecule has 0 aliphatic rings. The molecule has 0 spiro atoms. The molecule has 1 rings (SSSR count). The molecule has 0 aliphatic carbocycles. The van der Waals surface area contributed by atoms with E-state index in [-0.39, 0.29) is 9.79 Å². The topological polar surface area (TPSA) is 111 Å². The molecule has 5 N–H and O–H groups in total. The van der Waals surface area contributed by atoms with Crippen molar-refractivity contribution in [3.8, 4) is 0 Å². The van der Waals surface area contributed by atoms with Crippen LogP contribution in [-0.2, 0) is 10.0 Å². The number of guanidine groups is 1. The van der Waals surface area contributed by atoms with Crippen molar-refractivity contribution in [3.63, 3.8) is 0 Å². The van der Waals surface area contributed by atoms with E-state index in [0.717, 1.165) is 0 Å². The Bertz CT molecular complexity index is 571. The third kappa shape index (κ3) is 3.25. The van der Waals surface area contributed by atoms with Crippen molar-refractivity contribution in [2.24, 2.45) is 16.0 Å². The van der Waals surface area contributed by atoms with Crippen LogP contribution in [0.2, 0.25) is 5.02 Å². The molecule has 0 amide bonds. The van der Waals surface area contributed by atoms with Crippen LogP contribution in [-0.4, -0.2) is 14.4 Å². The van der Waals surface area contributed by atoms with Gasteiger partial charge in [-0.2, -0.15) is 8.42 Å². The van der Waals surface area contributed by atoms with Crippen molar-refractivity contribution in [2.45, 2.75) is 16.7 Å². The first-order chi connectivity index (χ1) is 7.77. The molecule has 1 aromatic carbocycles. The number of benzene rings is 1. The van der Waals surface area contributed by atoms with Gasteiger partial charge in [0.25, 0.3) is 10.0 Å². The monoisotopic (exact) mass is 294 g/mol. The van der Waals surface area contributed by atoms with Gasteiger partial charge >= 0.3 is 0 Å². The molecule has 0 radical (unpaired) electrons. The van der Waals surface area contributed by atoms with Crippen LogP contribution >= 0.6 is 24.2 Å². The van der Waals surface area contributed by atoms with E-state index in [4.69, 9.17) is 23.2 Å². The number of thiol groups is 1. The van der Waals surface area contributed by atoms with Gasteiger partial charge in [-0.05, 0) is 24.6 Å². The Labute approximate surface area is 109 Å². The van der Waals surface area contributed by atoms with Crippen LogP contribution < -0.4 is 17.0 Å². The van der Waals surface area contributed by atoms with E-state index in [1.165, 1.54) is 12.1 Å². The van der Waals surface area contributed by atoms with Crippen LogP contribution in [0.3, 0.4) is 0 Å². The summed E-state index contributed by atoms with van der Waals surface area (Å²) in [5, 5.41) is 0.419. The van der Waals surface area contributed by atoms with E-state index in [9.17, 15) is 8.42 Å². The Morgan fingerprint density at radius 1 is 1.53 bits per heavy atom. The van der Waals surface area contributed by atoms with Crippen LogP contribution in [0, 0.1) is 6.92 Å². The maximum absolute atomic E-state index is 11.8. The molecule has 0 fully saturated rings. The number of hydrazine groups is 1. The van der Waals surface area contributed by atoms with Crippen molar-refractivity contribution >= 4 is 40.2 Å². The van der Waals surface area contributed by atoms with Gasteiger partial charge in [-0.3, -0.25) is 5.43 Å². The second-order valence-electron chi connectivity index (χ2n) is 3.17. The third-order valence-electron chi connectivity index (χ3n) is 1.88. The van der Waals surface area contributed by atoms with Crippen molar-refractivity contribution < 1.29 is 8.42 Å². The SMILES string of the molecule is Cc1cc(S(=O)(=O)/N=C(/N)NN)c(S)cc1Cl. The largest absolute Gasteiger partial charge is 0.368 e. The van der Waals surface area contributed by atoms with E-state index >= 15 is 0 Å². The minimum atomic E-state index is -3.96. The number of nitrogens with zero attached hydrogens (tertiary/aromatic N) is 1. The lowest BCUT2D eigenvalue weighted by molar-refractivity contribution is 0.595. The quantitative estimate of drug-likeness (QED) is 0.207. The Kier molecular flexibility index (Phi) is 4.26. The highest BCUT2D eigenvalue weighted by Gasteiger charge is 2.18. The highest BCUT2D eigenvalue weighted by Crippen LogP contribution is 2.27. The summed E-state index contributed by atoms with van der Waals surface area (Å²) in [6, 6.07) is 2.79. The fourth-order valence-electron chi connectivity index (χ4n) is 1.06. The number of nitrogens with one attached hydrogen (secondary N) is 1. The third-order valence-corrected chi connectivity index (χ3v) is 4.14. The van der Waals surface area contributed by atoms with E-state index in [2.05, 4.69) is 17.0 Å². The fourth-order valence-corrected chi connectivity index (χ4v) is 2.89. The van der Waals surface area contributed by atoms with Gasteiger partial charge in [-0.1, -0.05) is 11.6 Å². The standard InChI is InChI=1S/C8H11ClN4O2S2/c1-4-2-7(6(16)3-5(4)9)17(14,15)13-8(10)12-11/h2-3,16H,11H2,1H3,(H3,10,12,13). The summed E-state index contributed by atoms with van der Waals surface area (Å²) in [5.41, 5.74) is 7.73. The lowest BCUT2D eigenvalue weighted by Crippen LogP contribution is -2.37. The van der Waals surface area contributed by atoms with E-state index in [1.807, 2.05) is 5.43 Å². The Hall–Kier alpha value is -0.960. The van der Waals surface area contributed by atoms with Crippen LogP contribution in [0.25, 0.3) is 0 Å². The Morgan fingerprint density at radius 3 is 2.65 bits per heavy atom. The van der Waals surface area contributed by atoms with Crippen LogP contribution in [0.1, 0.15) is 5.56 Å². The highest BCUT2D eigenvalue weighted by molar-refractivity contribution is 7.91. The number of halogens is 1. The van der Waals surface area contributed by atoms with Gasteiger partial charge in [0, 0.05) is 9.92 Å². The molecule has 0 aliphatic heterocycles. The molecule has 0 atom stereocenters. The molecule has 0 saturated heterocycles. The zero-order valence-corrected chi connectivity index (χ0v) is 11.3. The molecule has 0 bridgehead atoms. The molecular formula is C8H11ClN4O2S2. The number of sulfonamides is 1. The van der Waals surface area contributed by atoms with Crippen molar-refractivity contribution in [2.75, 3.05) is 0 Å². The minimum Gasteiger partial charge on any atom is -0.368 e. The summed E-state index contributed by atoms with van der Waals surface area (Å²) in [6.07, 6.45) is 0. The van der Waals surface area contributed by atoms with Crippen molar-refractivity contribution in [1.29, 1.82) is 0 Å².